The predicted molar refractivity (Wildman–Crippen MR) is 93.7 cm³/mol. The maximum absolute atomic E-state index is 12.2. The Morgan fingerprint density at radius 1 is 1.52 bits per heavy atom. The van der Waals surface area contributed by atoms with Crippen molar-refractivity contribution in [2.75, 3.05) is 0 Å². The lowest BCUT2D eigenvalue weighted by molar-refractivity contribution is -0.117. The Morgan fingerprint density at radius 2 is 2.39 bits per heavy atom. The minimum absolute atomic E-state index is 0.0541. The largest absolute Gasteiger partial charge is 0.350 e. The molecule has 0 saturated heterocycles. The summed E-state index contributed by atoms with van der Waals surface area (Å²) in [6.45, 7) is 2.14. The van der Waals surface area contributed by atoms with Crippen LogP contribution in [0.15, 0.2) is 17.7 Å². The highest BCUT2D eigenvalue weighted by Gasteiger charge is 2.41. The Balaban J connectivity index is 1.41. The molecule has 23 heavy (non-hydrogen) atoms. The van der Waals surface area contributed by atoms with Crippen LogP contribution in [0.25, 0.3) is 11.0 Å². The van der Waals surface area contributed by atoms with Crippen LogP contribution in [0.1, 0.15) is 38.3 Å². The van der Waals surface area contributed by atoms with Crippen molar-refractivity contribution < 1.29 is 4.79 Å². The molecule has 0 spiro atoms. The van der Waals surface area contributed by atoms with Crippen LogP contribution in [0.2, 0.25) is 5.15 Å². The number of aromatic nitrogens is 2. The second kappa shape index (κ2) is 5.95. The monoisotopic (exact) mass is 349 g/mol. The van der Waals surface area contributed by atoms with Crippen molar-refractivity contribution in [2.24, 2.45) is 17.8 Å². The minimum Gasteiger partial charge on any atom is -0.350 e. The highest BCUT2D eigenvalue weighted by Crippen LogP contribution is 2.49. The van der Waals surface area contributed by atoms with E-state index < -0.39 is 0 Å². The SMILES string of the molecule is CC(NC(=O)/C=C/c1c(Cl)nc2sccn12)C1CC2CCC1C2. The molecule has 4 unspecified atom stereocenters. The van der Waals surface area contributed by atoms with Gasteiger partial charge in [0.25, 0.3) is 0 Å². The first-order valence-electron chi connectivity index (χ1n) is 8.21. The average Bonchev–Trinajstić information content (AvgIpc) is 3.26. The molecule has 2 bridgehead atoms. The van der Waals surface area contributed by atoms with Gasteiger partial charge >= 0.3 is 0 Å². The van der Waals surface area contributed by atoms with Crippen LogP contribution < -0.4 is 5.32 Å². The lowest BCUT2D eigenvalue weighted by Gasteiger charge is -2.28. The van der Waals surface area contributed by atoms with E-state index in [9.17, 15) is 4.79 Å². The third-order valence-corrected chi connectivity index (χ3v) is 6.49. The van der Waals surface area contributed by atoms with Crippen molar-refractivity contribution in [3.05, 3.63) is 28.5 Å². The van der Waals surface area contributed by atoms with Gasteiger partial charge in [-0.3, -0.25) is 9.20 Å². The van der Waals surface area contributed by atoms with Crippen LogP contribution in [-0.4, -0.2) is 21.3 Å². The van der Waals surface area contributed by atoms with Crippen molar-refractivity contribution >= 4 is 39.9 Å². The summed E-state index contributed by atoms with van der Waals surface area (Å²) in [4.78, 5) is 17.3. The van der Waals surface area contributed by atoms with Gasteiger partial charge in [0.15, 0.2) is 10.1 Å². The number of rotatable bonds is 4. The van der Waals surface area contributed by atoms with Crippen LogP contribution in [0.4, 0.5) is 0 Å². The van der Waals surface area contributed by atoms with Gasteiger partial charge in [0.05, 0.1) is 5.69 Å². The molecule has 2 saturated carbocycles. The van der Waals surface area contributed by atoms with Crippen molar-refractivity contribution in [1.29, 1.82) is 0 Å². The maximum Gasteiger partial charge on any atom is 0.244 e. The van der Waals surface area contributed by atoms with E-state index in [2.05, 4.69) is 17.2 Å². The van der Waals surface area contributed by atoms with Gasteiger partial charge in [0.2, 0.25) is 5.91 Å². The summed E-state index contributed by atoms with van der Waals surface area (Å²) in [5.74, 6) is 2.31. The van der Waals surface area contributed by atoms with Crippen molar-refractivity contribution in [1.82, 2.24) is 14.7 Å². The van der Waals surface area contributed by atoms with E-state index in [4.69, 9.17) is 11.6 Å². The lowest BCUT2D eigenvalue weighted by Crippen LogP contribution is -2.39. The number of nitrogens with zero attached hydrogens (tertiary/aromatic N) is 2. The first kappa shape index (κ1) is 15.2. The standard InChI is InChI=1S/C17H20ClN3OS/c1-10(13-9-11-2-3-12(13)8-11)19-15(22)5-4-14-16(18)20-17-21(14)6-7-23-17/h4-7,10-13H,2-3,8-9H2,1H3,(H,19,22)/b5-4+. The van der Waals surface area contributed by atoms with Crippen LogP contribution in [0, 0.1) is 17.8 Å². The van der Waals surface area contributed by atoms with Gasteiger partial charge in [-0.2, -0.15) is 0 Å². The highest BCUT2D eigenvalue weighted by molar-refractivity contribution is 7.15. The second-order valence-corrected chi connectivity index (χ2v) is 8.04. The summed E-state index contributed by atoms with van der Waals surface area (Å²) in [5.41, 5.74) is 0.755. The van der Waals surface area contributed by atoms with Gasteiger partial charge in [0.1, 0.15) is 0 Å². The smallest absolute Gasteiger partial charge is 0.244 e. The summed E-state index contributed by atoms with van der Waals surface area (Å²) in [5, 5.41) is 5.52. The van der Waals surface area contributed by atoms with Crippen molar-refractivity contribution in [2.45, 2.75) is 38.6 Å². The molecule has 2 aromatic rings. The molecule has 4 atom stereocenters. The number of fused-ring (bicyclic) bond motifs is 3. The Labute approximate surface area is 144 Å². The number of thiazole rings is 1. The van der Waals surface area contributed by atoms with E-state index in [0.717, 1.165) is 22.5 Å². The molecular formula is C17H20ClN3OS. The topological polar surface area (TPSA) is 46.4 Å². The number of halogens is 1. The molecule has 1 amide bonds. The van der Waals surface area contributed by atoms with E-state index in [1.54, 1.807) is 12.2 Å². The molecule has 0 radical (unpaired) electrons. The second-order valence-electron chi connectivity index (χ2n) is 6.81. The third kappa shape index (κ3) is 2.81. The van der Waals surface area contributed by atoms with Crippen molar-refractivity contribution in [3.8, 4) is 0 Å². The molecule has 6 heteroatoms. The molecule has 2 heterocycles. The zero-order chi connectivity index (χ0) is 16.0. The summed E-state index contributed by atoms with van der Waals surface area (Å²) < 4.78 is 1.90. The molecule has 1 N–H and O–H groups in total. The zero-order valence-corrected chi connectivity index (χ0v) is 14.6. The number of nitrogens with one attached hydrogen (secondary N) is 1. The molecule has 2 fully saturated rings. The maximum atomic E-state index is 12.2. The Kier molecular flexibility index (Phi) is 3.93. The molecule has 122 valence electrons. The fraction of sp³-hybridized carbons (Fsp3) is 0.529. The fourth-order valence-electron chi connectivity index (χ4n) is 4.37. The first-order chi connectivity index (χ1) is 11.1. The van der Waals surface area contributed by atoms with E-state index >= 15 is 0 Å². The summed E-state index contributed by atoms with van der Waals surface area (Å²) in [6, 6.07) is 0.240. The molecular weight excluding hydrogens is 330 g/mol. The number of hydrogen-bond acceptors (Lipinski definition) is 3. The number of carbonyl (C=O) groups is 1. The Morgan fingerprint density at radius 3 is 3.13 bits per heavy atom. The average molecular weight is 350 g/mol. The number of carbonyl (C=O) groups excluding carboxylic acids is 1. The van der Waals surface area contributed by atoms with Crippen molar-refractivity contribution in [3.63, 3.8) is 0 Å². The number of imidazole rings is 1. The Bertz CT molecular complexity index is 765. The van der Waals surface area contributed by atoms with Gasteiger partial charge in [-0.15, -0.1) is 11.3 Å². The summed E-state index contributed by atoms with van der Waals surface area (Å²) in [6.07, 6.45) is 10.6. The third-order valence-electron chi connectivity index (χ3n) is 5.45. The van der Waals surface area contributed by atoms with Gasteiger partial charge < -0.3 is 5.32 Å². The molecule has 2 aliphatic carbocycles. The highest BCUT2D eigenvalue weighted by atomic mass is 35.5. The lowest BCUT2D eigenvalue weighted by atomic mass is 9.84. The van der Waals surface area contributed by atoms with Gasteiger partial charge in [-0.1, -0.05) is 18.0 Å². The Hall–Kier alpha value is -1.33. The molecule has 0 aromatic carbocycles. The predicted octanol–water partition coefficient (Wildman–Crippen LogP) is 4.00. The minimum atomic E-state index is -0.0541. The summed E-state index contributed by atoms with van der Waals surface area (Å²) in [7, 11) is 0. The van der Waals surface area contributed by atoms with Gasteiger partial charge in [0, 0.05) is 23.7 Å². The fourth-order valence-corrected chi connectivity index (χ4v) is 5.37. The molecule has 0 aliphatic heterocycles. The molecule has 2 aliphatic rings. The zero-order valence-electron chi connectivity index (χ0n) is 13.0. The van der Waals surface area contributed by atoms with E-state index in [0.29, 0.717) is 11.1 Å². The van der Waals surface area contributed by atoms with Crippen LogP contribution in [-0.2, 0) is 4.79 Å². The first-order valence-corrected chi connectivity index (χ1v) is 9.47. The number of amides is 1. The van der Waals surface area contributed by atoms with Crippen LogP contribution >= 0.6 is 22.9 Å². The molecule has 4 rings (SSSR count). The van der Waals surface area contributed by atoms with E-state index in [1.165, 1.54) is 37.0 Å². The molecule has 4 nitrogen and oxygen atoms in total. The van der Waals surface area contributed by atoms with Crippen LogP contribution in [0.5, 0.6) is 0 Å². The van der Waals surface area contributed by atoms with E-state index in [1.807, 2.05) is 16.0 Å². The normalized spacial score (nSPS) is 28.0. The van der Waals surface area contributed by atoms with Gasteiger partial charge in [-0.05, 0) is 50.0 Å². The van der Waals surface area contributed by atoms with Crippen LogP contribution in [0.3, 0.4) is 0 Å². The summed E-state index contributed by atoms with van der Waals surface area (Å²) >= 11 is 7.66. The number of hydrogen-bond donors (Lipinski definition) is 1. The quantitative estimate of drug-likeness (QED) is 0.848. The van der Waals surface area contributed by atoms with E-state index in [-0.39, 0.29) is 11.9 Å². The van der Waals surface area contributed by atoms with Gasteiger partial charge in [-0.25, -0.2) is 4.98 Å². The molecule has 2 aromatic heterocycles.